The van der Waals surface area contributed by atoms with Crippen molar-refractivity contribution in [2.45, 2.75) is 12.1 Å². The van der Waals surface area contributed by atoms with Crippen LogP contribution in [0.4, 0.5) is 0 Å². The molecule has 2 heterocycles. The van der Waals surface area contributed by atoms with Crippen LogP contribution in [0.5, 0.6) is 0 Å². The van der Waals surface area contributed by atoms with Crippen LogP contribution < -0.4 is 5.56 Å². The Kier molecular flexibility index (Phi) is 3.62. The predicted octanol–water partition coefficient (Wildman–Crippen LogP) is 2.80. The number of hydrogen-bond acceptors (Lipinski definition) is 5. The second-order valence-electron chi connectivity index (χ2n) is 4.55. The fraction of sp³-hybridized carbons (Fsp3) is 0.133. The van der Waals surface area contributed by atoms with Gasteiger partial charge in [-0.2, -0.15) is 0 Å². The molecule has 0 saturated carbocycles. The first kappa shape index (κ1) is 13.6. The number of nitrogens with zero attached hydrogens (tertiary/aromatic N) is 1. The number of carbonyl (C=O) groups excluding carboxylic acids is 1. The largest absolute Gasteiger partial charge is 0.464 e. The second kappa shape index (κ2) is 5.57. The van der Waals surface area contributed by atoms with Crippen LogP contribution in [0.15, 0.2) is 51.0 Å². The Balaban J connectivity index is 1.79. The van der Waals surface area contributed by atoms with Crippen LogP contribution in [0.3, 0.4) is 0 Å². The maximum Gasteiger partial charge on any atom is 0.251 e. The number of para-hydroxylation sites is 1. The number of fused-ring (bicyclic) bond motifs is 1. The van der Waals surface area contributed by atoms with E-state index in [9.17, 15) is 9.59 Å². The number of H-pyrrole nitrogens is 1. The lowest BCUT2D eigenvalue weighted by Crippen LogP contribution is -2.09. The van der Waals surface area contributed by atoms with Crippen molar-refractivity contribution in [3.05, 3.63) is 58.2 Å². The number of Topliss-reactive ketones (excluding diaryl/α,β-unsaturated/α-hetero) is 1. The van der Waals surface area contributed by atoms with Gasteiger partial charge >= 0.3 is 0 Å². The lowest BCUT2D eigenvalue weighted by atomic mass is 10.1. The Morgan fingerprint density at radius 3 is 3.00 bits per heavy atom. The molecule has 21 heavy (non-hydrogen) atoms. The highest BCUT2D eigenvalue weighted by Gasteiger charge is 2.14. The molecule has 0 aliphatic carbocycles. The topological polar surface area (TPSA) is 76.0 Å². The van der Waals surface area contributed by atoms with E-state index in [0.717, 1.165) is 5.39 Å². The van der Waals surface area contributed by atoms with Crippen molar-refractivity contribution in [3.8, 4) is 0 Å². The lowest BCUT2D eigenvalue weighted by molar-refractivity contribution is 0.102. The number of hydrogen-bond donors (Lipinski definition) is 1. The van der Waals surface area contributed by atoms with Gasteiger partial charge in [0.25, 0.3) is 5.56 Å². The Hall–Kier alpha value is -2.34. The number of rotatable bonds is 4. The number of thioether (sulfide) groups is 1. The maximum absolute atomic E-state index is 12.3. The van der Waals surface area contributed by atoms with Crippen LogP contribution in [0.25, 0.3) is 11.0 Å². The number of aromatic amines is 1. The first-order chi connectivity index (χ1) is 10.1. The van der Waals surface area contributed by atoms with Crippen LogP contribution >= 0.6 is 11.8 Å². The lowest BCUT2D eigenvalue weighted by Gasteiger charge is -2.00. The standard InChI is InChI=1S/C15H12N2O3S/c1-9-6-14(19)17-15(16-9)21-8-12(18)11-7-20-13-5-3-2-4-10(11)13/h2-7H,8H2,1H3,(H,16,17,19). The highest BCUT2D eigenvalue weighted by Crippen LogP contribution is 2.23. The molecule has 1 N–H and O–H groups in total. The molecule has 0 atom stereocenters. The van der Waals surface area contributed by atoms with Gasteiger partial charge in [-0.15, -0.1) is 0 Å². The molecule has 2 aromatic heterocycles. The Morgan fingerprint density at radius 1 is 1.38 bits per heavy atom. The summed E-state index contributed by atoms with van der Waals surface area (Å²) in [5.41, 5.74) is 1.65. The highest BCUT2D eigenvalue weighted by molar-refractivity contribution is 7.99. The van der Waals surface area contributed by atoms with E-state index in [4.69, 9.17) is 4.42 Å². The van der Waals surface area contributed by atoms with Crippen molar-refractivity contribution in [3.63, 3.8) is 0 Å². The molecule has 0 radical (unpaired) electrons. The zero-order valence-electron chi connectivity index (χ0n) is 11.3. The van der Waals surface area contributed by atoms with Crippen molar-refractivity contribution in [2.24, 2.45) is 0 Å². The number of aromatic nitrogens is 2. The van der Waals surface area contributed by atoms with Gasteiger partial charge < -0.3 is 9.40 Å². The van der Waals surface area contributed by atoms with E-state index in [1.165, 1.54) is 24.1 Å². The first-order valence-electron chi connectivity index (χ1n) is 6.34. The maximum atomic E-state index is 12.3. The van der Waals surface area contributed by atoms with Crippen molar-refractivity contribution >= 4 is 28.5 Å². The van der Waals surface area contributed by atoms with Gasteiger partial charge in [0.2, 0.25) is 0 Å². The van der Waals surface area contributed by atoms with Crippen molar-refractivity contribution in [1.82, 2.24) is 9.97 Å². The van der Waals surface area contributed by atoms with Gasteiger partial charge in [0, 0.05) is 17.1 Å². The third-order valence-electron chi connectivity index (χ3n) is 2.97. The minimum Gasteiger partial charge on any atom is -0.464 e. The number of nitrogens with one attached hydrogen (secondary N) is 1. The van der Waals surface area contributed by atoms with Gasteiger partial charge in [-0.1, -0.05) is 30.0 Å². The minimum absolute atomic E-state index is 0.0610. The number of carbonyl (C=O) groups is 1. The Labute approximate surface area is 124 Å². The molecule has 106 valence electrons. The van der Waals surface area contributed by atoms with Crippen LogP contribution in [-0.4, -0.2) is 21.5 Å². The van der Waals surface area contributed by atoms with Crippen molar-refractivity contribution in [2.75, 3.05) is 5.75 Å². The minimum atomic E-state index is -0.216. The molecular weight excluding hydrogens is 288 g/mol. The number of benzene rings is 1. The number of furan rings is 1. The normalized spacial score (nSPS) is 10.9. The van der Waals surface area contributed by atoms with Crippen LogP contribution in [0.2, 0.25) is 0 Å². The molecule has 3 rings (SSSR count). The van der Waals surface area contributed by atoms with E-state index in [0.29, 0.717) is 22.0 Å². The molecule has 0 fully saturated rings. The summed E-state index contributed by atoms with van der Waals surface area (Å²) in [6.45, 7) is 1.74. The van der Waals surface area contributed by atoms with Gasteiger partial charge in [0.15, 0.2) is 10.9 Å². The monoisotopic (exact) mass is 300 g/mol. The molecule has 3 aromatic rings. The van der Waals surface area contributed by atoms with Crippen molar-refractivity contribution in [1.29, 1.82) is 0 Å². The Morgan fingerprint density at radius 2 is 2.19 bits per heavy atom. The third kappa shape index (κ3) is 2.90. The van der Waals surface area contributed by atoms with Gasteiger partial charge in [0.1, 0.15) is 11.8 Å². The van der Waals surface area contributed by atoms with Crippen LogP contribution in [0.1, 0.15) is 16.1 Å². The smallest absolute Gasteiger partial charge is 0.251 e. The van der Waals surface area contributed by atoms with Gasteiger partial charge in [-0.05, 0) is 13.0 Å². The molecule has 0 unspecified atom stereocenters. The molecule has 6 heteroatoms. The van der Waals surface area contributed by atoms with E-state index in [1.807, 2.05) is 24.3 Å². The molecule has 0 aliphatic rings. The molecule has 0 bridgehead atoms. The summed E-state index contributed by atoms with van der Waals surface area (Å²) in [6.07, 6.45) is 1.47. The van der Waals surface area contributed by atoms with E-state index >= 15 is 0 Å². The fourth-order valence-corrected chi connectivity index (χ4v) is 2.83. The zero-order chi connectivity index (χ0) is 14.8. The van der Waals surface area contributed by atoms with Crippen LogP contribution in [-0.2, 0) is 0 Å². The van der Waals surface area contributed by atoms with Crippen LogP contribution in [0, 0.1) is 6.92 Å². The molecule has 1 aromatic carbocycles. The quantitative estimate of drug-likeness (QED) is 0.455. The Bertz CT molecular complexity index is 866. The number of ketones is 1. The van der Waals surface area contributed by atoms with E-state index in [2.05, 4.69) is 9.97 Å². The summed E-state index contributed by atoms with van der Waals surface area (Å²) in [4.78, 5) is 30.4. The summed E-state index contributed by atoms with van der Waals surface area (Å²) in [5, 5.41) is 1.25. The fourth-order valence-electron chi connectivity index (χ4n) is 2.03. The van der Waals surface area contributed by atoms with Gasteiger partial charge in [-0.3, -0.25) is 9.59 Å². The summed E-state index contributed by atoms with van der Waals surface area (Å²) in [6, 6.07) is 8.80. The summed E-state index contributed by atoms with van der Waals surface area (Å²) < 4.78 is 5.36. The average Bonchev–Trinajstić information content (AvgIpc) is 2.88. The SMILES string of the molecule is Cc1cc(=O)[nH]c(SCC(=O)c2coc3ccccc23)n1. The highest BCUT2D eigenvalue weighted by atomic mass is 32.2. The molecular formula is C15H12N2O3S. The molecule has 0 aliphatic heterocycles. The summed E-state index contributed by atoms with van der Waals surface area (Å²) in [5.74, 6) is 0.129. The average molecular weight is 300 g/mol. The summed E-state index contributed by atoms with van der Waals surface area (Å²) in [7, 11) is 0. The van der Waals surface area contributed by atoms with E-state index in [-0.39, 0.29) is 17.1 Å². The van der Waals surface area contributed by atoms with Crippen molar-refractivity contribution < 1.29 is 9.21 Å². The number of aryl methyl sites for hydroxylation is 1. The third-order valence-corrected chi connectivity index (χ3v) is 3.84. The first-order valence-corrected chi connectivity index (χ1v) is 7.32. The molecule has 5 nitrogen and oxygen atoms in total. The molecule has 0 saturated heterocycles. The predicted molar refractivity (Wildman–Crippen MR) is 80.9 cm³/mol. The van der Waals surface area contributed by atoms with E-state index in [1.54, 1.807) is 6.92 Å². The molecule has 0 spiro atoms. The second-order valence-corrected chi connectivity index (χ2v) is 5.51. The van der Waals surface area contributed by atoms with Gasteiger partial charge in [-0.25, -0.2) is 4.98 Å². The van der Waals surface area contributed by atoms with E-state index < -0.39 is 0 Å². The van der Waals surface area contributed by atoms with Gasteiger partial charge in [0.05, 0.1) is 11.3 Å². The molecule has 0 amide bonds. The zero-order valence-corrected chi connectivity index (χ0v) is 12.1. The summed E-state index contributed by atoms with van der Waals surface area (Å²) >= 11 is 1.21.